The Hall–Kier alpha value is -1.95. The number of aromatic nitrogens is 4. The molecule has 0 saturated carbocycles. The molecule has 0 aromatic carbocycles. The van der Waals surface area contributed by atoms with Crippen molar-refractivity contribution < 1.29 is 4.74 Å². The Morgan fingerprint density at radius 3 is 2.74 bits per heavy atom. The fourth-order valence-corrected chi connectivity index (χ4v) is 4.15. The van der Waals surface area contributed by atoms with E-state index in [9.17, 15) is 5.26 Å². The molecule has 0 fully saturated rings. The van der Waals surface area contributed by atoms with Crippen molar-refractivity contribution in [1.82, 2.24) is 19.3 Å². The molecule has 0 radical (unpaired) electrons. The second-order valence-corrected chi connectivity index (χ2v) is 14.2. The number of ether oxygens (including phenoxy) is 1. The Morgan fingerprint density at radius 2 is 2.07 bits per heavy atom. The van der Waals surface area contributed by atoms with Crippen LogP contribution in [-0.4, -0.2) is 34.0 Å². The van der Waals surface area contributed by atoms with E-state index in [0.29, 0.717) is 19.0 Å². The molecule has 3 heterocycles. The lowest BCUT2D eigenvalue weighted by molar-refractivity contribution is 0.0786. The number of aryl methyl sites for hydroxylation is 1. The first-order valence-electron chi connectivity index (χ1n) is 9.02. The van der Waals surface area contributed by atoms with Crippen LogP contribution in [0.1, 0.15) is 12.6 Å². The standard InChI is InChI=1S/C19H24BrN5OSi/c1-5-25-16(9-21)19(15-8-18(20)22-11-17(15)25)14-10-23-24(12-14)13-26-6-7-27(2,3)4/h8,10-12H,5-7,13H2,1-4H3. The van der Waals surface area contributed by atoms with Crippen molar-refractivity contribution in [3.63, 3.8) is 0 Å². The molecule has 0 bridgehead atoms. The van der Waals surface area contributed by atoms with Crippen molar-refractivity contribution in [2.45, 2.75) is 45.9 Å². The predicted octanol–water partition coefficient (Wildman–Crippen LogP) is 4.87. The number of nitrogens with zero attached hydrogens (tertiary/aromatic N) is 5. The molecule has 6 nitrogen and oxygen atoms in total. The first-order chi connectivity index (χ1) is 12.8. The number of nitriles is 1. The average Bonchev–Trinajstić information content (AvgIpc) is 3.18. The lowest BCUT2D eigenvalue weighted by Crippen LogP contribution is -2.22. The summed E-state index contributed by atoms with van der Waals surface area (Å²) in [6, 6.07) is 5.44. The third-order valence-electron chi connectivity index (χ3n) is 4.48. The van der Waals surface area contributed by atoms with Gasteiger partial charge >= 0.3 is 0 Å². The van der Waals surface area contributed by atoms with Crippen molar-refractivity contribution in [1.29, 1.82) is 5.26 Å². The van der Waals surface area contributed by atoms with E-state index in [1.54, 1.807) is 17.1 Å². The molecule has 0 spiro atoms. The van der Waals surface area contributed by atoms with Gasteiger partial charge in [-0.15, -0.1) is 0 Å². The van der Waals surface area contributed by atoms with Crippen molar-refractivity contribution in [2.24, 2.45) is 0 Å². The molecule has 0 aliphatic carbocycles. The minimum atomic E-state index is -1.10. The van der Waals surface area contributed by atoms with E-state index >= 15 is 0 Å². The van der Waals surface area contributed by atoms with Crippen LogP contribution in [0.4, 0.5) is 0 Å². The van der Waals surface area contributed by atoms with Gasteiger partial charge in [-0.3, -0.25) is 0 Å². The van der Waals surface area contributed by atoms with Crippen LogP contribution >= 0.6 is 15.9 Å². The van der Waals surface area contributed by atoms with Crippen LogP contribution in [0.15, 0.2) is 29.3 Å². The van der Waals surface area contributed by atoms with E-state index in [0.717, 1.165) is 39.3 Å². The Morgan fingerprint density at radius 1 is 1.30 bits per heavy atom. The number of fused-ring (bicyclic) bond motifs is 1. The summed E-state index contributed by atoms with van der Waals surface area (Å²) in [6.45, 7) is 10.9. The zero-order valence-electron chi connectivity index (χ0n) is 16.2. The van der Waals surface area contributed by atoms with Crippen LogP contribution in [0.2, 0.25) is 25.7 Å². The lowest BCUT2D eigenvalue weighted by Gasteiger charge is -2.15. The van der Waals surface area contributed by atoms with Crippen LogP contribution in [0.5, 0.6) is 0 Å². The van der Waals surface area contributed by atoms with E-state index in [4.69, 9.17) is 4.74 Å². The molecule has 8 heteroatoms. The van der Waals surface area contributed by atoms with Gasteiger partial charge in [-0.05, 0) is 35.0 Å². The Labute approximate surface area is 168 Å². The van der Waals surface area contributed by atoms with Crippen molar-refractivity contribution in [2.75, 3.05) is 6.61 Å². The van der Waals surface area contributed by atoms with E-state index in [1.807, 2.05) is 23.8 Å². The highest BCUT2D eigenvalue weighted by Crippen LogP contribution is 2.35. The van der Waals surface area contributed by atoms with Gasteiger partial charge in [0.2, 0.25) is 0 Å². The number of hydrogen-bond acceptors (Lipinski definition) is 4. The minimum Gasteiger partial charge on any atom is -0.360 e. The number of hydrogen-bond donors (Lipinski definition) is 0. The fraction of sp³-hybridized carbons (Fsp3) is 0.421. The number of pyridine rings is 1. The maximum atomic E-state index is 9.77. The first kappa shape index (κ1) is 19.8. The molecular formula is C19H24BrN5OSi. The third-order valence-corrected chi connectivity index (χ3v) is 6.62. The van der Waals surface area contributed by atoms with E-state index in [1.165, 1.54) is 0 Å². The summed E-state index contributed by atoms with van der Waals surface area (Å²) in [5, 5.41) is 15.2. The van der Waals surface area contributed by atoms with Gasteiger partial charge < -0.3 is 9.30 Å². The molecule has 3 aromatic heterocycles. The summed E-state index contributed by atoms with van der Waals surface area (Å²) in [6.07, 6.45) is 5.54. The zero-order chi connectivity index (χ0) is 19.6. The molecule has 0 saturated heterocycles. The maximum absolute atomic E-state index is 9.77. The van der Waals surface area contributed by atoms with Gasteiger partial charge in [0.15, 0.2) is 0 Å². The van der Waals surface area contributed by atoms with Crippen LogP contribution in [-0.2, 0) is 18.0 Å². The second-order valence-electron chi connectivity index (χ2n) is 7.72. The van der Waals surface area contributed by atoms with Crippen LogP contribution in [0.25, 0.3) is 22.0 Å². The quantitative estimate of drug-likeness (QED) is 0.295. The SMILES string of the molecule is CCn1c(C#N)c(-c2cnn(COCC[Si](C)(C)C)c2)c2cc(Br)ncc21. The topological polar surface area (TPSA) is 68.7 Å². The Kier molecular flexibility index (Phi) is 5.84. The van der Waals surface area contributed by atoms with Crippen LogP contribution in [0, 0.1) is 11.3 Å². The maximum Gasteiger partial charge on any atom is 0.139 e. The number of rotatable bonds is 7. The van der Waals surface area contributed by atoms with Gasteiger partial charge in [-0.1, -0.05) is 19.6 Å². The minimum absolute atomic E-state index is 0.421. The van der Waals surface area contributed by atoms with Crippen molar-refractivity contribution in [3.8, 4) is 17.2 Å². The summed E-state index contributed by atoms with van der Waals surface area (Å²) in [4.78, 5) is 4.32. The number of halogens is 1. The monoisotopic (exact) mass is 445 g/mol. The second kappa shape index (κ2) is 7.96. The summed E-state index contributed by atoms with van der Waals surface area (Å²) in [5.41, 5.74) is 3.39. The fourth-order valence-electron chi connectivity index (χ4n) is 3.06. The van der Waals surface area contributed by atoms with E-state index in [-0.39, 0.29) is 0 Å². The van der Waals surface area contributed by atoms with Crippen LogP contribution < -0.4 is 0 Å². The van der Waals surface area contributed by atoms with Gasteiger partial charge in [-0.25, -0.2) is 9.67 Å². The average molecular weight is 446 g/mol. The van der Waals surface area contributed by atoms with E-state index < -0.39 is 8.07 Å². The summed E-state index contributed by atoms with van der Waals surface area (Å²) < 4.78 is 10.3. The highest BCUT2D eigenvalue weighted by atomic mass is 79.9. The summed E-state index contributed by atoms with van der Waals surface area (Å²) >= 11 is 3.44. The van der Waals surface area contributed by atoms with Gasteiger partial charge in [0.1, 0.15) is 23.1 Å². The first-order valence-corrected chi connectivity index (χ1v) is 13.5. The molecule has 0 amide bonds. The van der Waals surface area contributed by atoms with Gasteiger partial charge in [0, 0.05) is 43.9 Å². The molecule has 0 unspecified atom stereocenters. The molecule has 0 aliphatic rings. The molecule has 3 rings (SSSR count). The van der Waals surface area contributed by atoms with Gasteiger partial charge in [0.25, 0.3) is 0 Å². The highest BCUT2D eigenvalue weighted by Gasteiger charge is 2.20. The smallest absolute Gasteiger partial charge is 0.139 e. The van der Waals surface area contributed by atoms with Gasteiger partial charge in [-0.2, -0.15) is 10.4 Å². The van der Waals surface area contributed by atoms with Gasteiger partial charge in [0.05, 0.1) is 17.9 Å². The van der Waals surface area contributed by atoms with Crippen molar-refractivity contribution in [3.05, 3.63) is 35.0 Å². The molecule has 27 heavy (non-hydrogen) atoms. The highest BCUT2D eigenvalue weighted by molar-refractivity contribution is 9.10. The third kappa shape index (κ3) is 4.31. The Balaban J connectivity index is 1.91. The van der Waals surface area contributed by atoms with E-state index in [2.05, 4.69) is 51.7 Å². The molecular weight excluding hydrogens is 422 g/mol. The largest absolute Gasteiger partial charge is 0.360 e. The summed E-state index contributed by atoms with van der Waals surface area (Å²) in [7, 11) is -1.10. The molecule has 142 valence electrons. The lowest BCUT2D eigenvalue weighted by atomic mass is 10.1. The Bertz CT molecular complexity index is 996. The molecule has 0 N–H and O–H groups in total. The summed E-state index contributed by atoms with van der Waals surface area (Å²) in [5.74, 6) is 0. The van der Waals surface area contributed by atoms with Crippen molar-refractivity contribution >= 4 is 34.9 Å². The van der Waals surface area contributed by atoms with Crippen LogP contribution in [0.3, 0.4) is 0 Å². The molecule has 3 aromatic rings. The zero-order valence-corrected chi connectivity index (χ0v) is 18.7. The predicted molar refractivity (Wildman–Crippen MR) is 113 cm³/mol. The normalized spacial score (nSPS) is 11.9. The molecule has 0 atom stereocenters. The molecule has 0 aliphatic heterocycles.